The Morgan fingerprint density at radius 3 is 2.18 bits per heavy atom. The van der Waals surface area contributed by atoms with Gasteiger partial charge in [-0.25, -0.2) is 15.0 Å². The molecule has 4 rings (SSSR count). The molecule has 0 aliphatic carbocycles. The topological polar surface area (TPSA) is 55.6 Å². The van der Waals surface area contributed by atoms with E-state index in [0.717, 1.165) is 30.4 Å². The normalized spacial score (nSPS) is 11.5. The lowest BCUT2D eigenvalue weighted by Gasteiger charge is -2.11. The Morgan fingerprint density at radius 1 is 0.939 bits per heavy atom. The molecule has 0 radical (unpaired) electrons. The molecule has 170 valence electrons. The maximum atomic E-state index is 13.2. The number of fused-ring (bicyclic) bond motifs is 1. The molecule has 0 unspecified atom stereocenters. The van der Waals surface area contributed by atoms with Crippen LogP contribution in [0.4, 0.5) is 19.0 Å². The Labute approximate surface area is 190 Å². The number of aryl methyl sites for hydroxylation is 1. The Bertz CT molecular complexity index is 1190. The molecule has 0 fully saturated rings. The molecular weight excluding hydrogens is 427 g/mol. The van der Waals surface area contributed by atoms with E-state index in [4.69, 9.17) is 0 Å². The summed E-state index contributed by atoms with van der Waals surface area (Å²) in [5, 5.41) is 3.02. The number of alkyl halides is 3. The maximum Gasteiger partial charge on any atom is 0.451 e. The molecular formula is C25H24F3N5. The van der Waals surface area contributed by atoms with Gasteiger partial charge in [-0.2, -0.15) is 13.2 Å². The number of hydrogen-bond acceptors (Lipinski definition) is 4. The molecule has 4 aromatic rings. The lowest BCUT2D eigenvalue weighted by molar-refractivity contribution is -0.144. The molecule has 0 amide bonds. The smallest absolute Gasteiger partial charge is 0.368 e. The van der Waals surface area contributed by atoms with Crippen molar-refractivity contribution in [3.63, 3.8) is 0 Å². The first-order valence-corrected chi connectivity index (χ1v) is 10.7. The summed E-state index contributed by atoms with van der Waals surface area (Å²) >= 11 is 0. The lowest BCUT2D eigenvalue weighted by Crippen LogP contribution is -2.14. The van der Waals surface area contributed by atoms with Crippen molar-refractivity contribution in [2.24, 2.45) is 7.05 Å². The van der Waals surface area contributed by atoms with Crippen LogP contribution in [0.5, 0.6) is 0 Å². The third-order valence-corrected chi connectivity index (χ3v) is 5.25. The number of benzene rings is 2. The number of imidazole rings is 1. The second kappa shape index (κ2) is 9.85. The van der Waals surface area contributed by atoms with Crippen LogP contribution in [-0.4, -0.2) is 26.1 Å². The standard InChI is InChI=1S/C25H24F3N5/c1-33-17-30-21-22(31-24(25(26,27)28)32-23(21)33)29-16-10-4-9-15-20(18-11-5-2-6-12-18)19-13-7-3-8-14-19/h2-3,5-8,11-15,17H,4,9-10,16H2,1H3,(H,29,31,32). The van der Waals surface area contributed by atoms with Crippen molar-refractivity contribution >= 4 is 22.6 Å². The van der Waals surface area contributed by atoms with Crippen LogP contribution in [0.25, 0.3) is 16.7 Å². The molecule has 33 heavy (non-hydrogen) atoms. The highest BCUT2D eigenvalue weighted by molar-refractivity contribution is 5.83. The molecule has 0 aliphatic heterocycles. The first kappa shape index (κ1) is 22.5. The van der Waals surface area contributed by atoms with E-state index < -0.39 is 12.0 Å². The van der Waals surface area contributed by atoms with Crippen molar-refractivity contribution in [1.29, 1.82) is 0 Å². The average molecular weight is 451 g/mol. The van der Waals surface area contributed by atoms with Crippen LogP contribution in [-0.2, 0) is 13.2 Å². The quantitative estimate of drug-likeness (QED) is 0.329. The van der Waals surface area contributed by atoms with E-state index >= 15 is 0 Å². The molecule has 5 nitrogen and oxygen atoms in total. The van der Waals surface area contributed by atoms with Crippen molar-refractivity contribution in [3.8, 4) is 0 Å². The molecule has 8 heteroatoms. The highest BCUT2D eigenvalue weighted by Gasteiger charge is 2.36. The third-order valence-electron chi connectivity index (χ3n) is 5.25. The summed E-state index contributed by atoms with van der Waals surface area (Å²) in [4.78, 5) is 11.4. The monoisotopic (exact) mass is 451 g/mol. The molecule has 2 aromatic carbocycles. The first-order valence-electron chi connectivity index (χ1n) is 10.7. The van der Waals surface area contributed by atoms with Crippen molar-refractivity contribution in [2.45, 2.75) is 25.4 Å². The highest BCUT2D eigenvalue weighted by Crippen LogP contribution is 2.30. The van der Waals surface area contributed by atoms with Crippen LogP contribution in [0.15, 0.2) is 73.1 Å². The van der Waals surface area contributed by atoms with Gasteiger partial charge in [-0.1, -0.05) is 66.7 Å². The molecule has 0 bridgehead atoms. The Hall–Kier alpha value is -3.68. The summed E-state index contributed by atoms with van der Waals surface area (Å²) in [6, 6.07) is 20.4. The molecule has 0 spiro atoms. The molecule has 0 saturated carbocycles. The van der Waals surface area contributed by atoms with E-state index in [-0.39, 0.29) is 11.5 Å². The maximum absolute atomic E-state index is 13.2. The predicted octanol–water partition coefficient (Wildman–Crippen LogP) is 6.10. The number of allylic oxidation sites excluding steroid dienone is 1. The SMILES string of the molecule is Cn1cnc2c(NCCCCC=C(c3ccccc3)c3ccccc3)nc(C(F)(F)F)nc21. The number of rotatable bonds is 8. The minimum Gasteiger partial charge on any atom is -0.368 e. The summed E-state index contributed by atoms with van der Waals surface area (Å²) < 4.78 is 41.0. The summed E-state index contributed by atoms with van der Waals surface area (Å²) in [7, 11) is 1.61. The van der Waals surface area contributed by atoms with Crippen LogP contribution in [0.2, 0.25) is 0 Å². The number of aromatic nitrogens is 4. The van der Waals surface area contributed by atoms with E-state index in [1.54, 1.807) is 7.05 Å². The van der Waals surface area contributed by atoms with E-state index in [0.29, 0.717) is 12.1 Å². The van der Waals surface area contributed by atoms with Gasteiger partial charge in [0.15, 0.2) is 11.5 Å². The summed E-state index contributed by atoms with van der Waals surface area (Å²) in [6.07, 6.45) is 1.52. The van der Waals surface area contributed by atoms with Gasteiger partial charge in [0.1, 0.15) is 5.52 Å². The second-order valence-electron chi connectivity index (χ2n) is 7.69. The number of hydrogen-bond donors (Lipinski definition) is 1. The number of anilines is 1. The van der Waals surface area contributed by atoms with Gasteiger partial charge in [0.05, 0.1) is 6.33 Å². The van der Waals surface area contributed by atoms with E-state index in [1.807, 2.05) is 36.4 Å². The van der Waals surface area contributed by atoms with Crippen LogP contribution in [0.1, 0.15) is 36.2 Å². The number of nitrogens with one attached hydrogen (secondary N) is 1. The third kappa shape index (κ3) is 5.39. The zero-order valence-electron chi connectivity index (χ0n) is 18.2. The van der Waals surface area contributed by atoms with Gasteiger partial charge in [0.2, 0.25) is 5.82 Å². The summed E-state index contributed by atoms with van der Waals surface area (Å²) in [6.45, 7) is 0.486. The van der Waals surface area contributed by atoms with Gasteiger partial charge in [0.25, 0.3) is 0 Å². The number of nitrogens with zero attached hydrogens (tertiary/aromatic N) is 4. The van der Waals surface area contributed by atoms with Gasteiger partial charge in [-0.05, 0) is 36.0 Å². The van der Waals surface area contributed by atoms with Gasteiger partial charge >= 0.3 is 6.18 Å². The molecule has 0 saturated heterocycles. The average Bonchev–Trinajstić information content (AvgIpc) is 3.20. The zero-order chi connectivity index (χ0) is 23.3. The van der Waals surface area contributed by atoms with Gasteiger partial charge in [0, 0.05) is 13.6 Å². The molecule has 2 aromatic heterocycles. The van der Waals surface area contributed by atoms with Crippen molar-refractivity contribution < 1.29 is 13.2 Å². The highest BCUT2D eigenvalue weighted by atomic mass is 19.4. The van der Waals surface area contributed by atoms with Crippen LogP contribution < -0.4 is 5.32 Å². The summed E-state index contributed by atoms with van der Waals surface area (Å²) in [5.74, 6) is -1.06. The lowest BCUT2D eigenvalue weighted by atomic mass is 9.96. The number of unbranched alkanes of at least 4 members (excludes halogenated alkanes) is 2. The van der Waals surface area contributed by atoms with Crippen LogP contribution >= 0.6 is 0 Å². The summed E-state index contributed by atoms with van der Waals surface area (Å²) in [5.41, 5.74) is 3.96. The first-order chi connectivity index (χ1) is 15.9. The van der Waals surface area contributed by atoms with Crippen molar-refractivity contribution in [1.82, 2.24) is 19.5 Å². The van der Waals surface area contributed by atoms with E-state index in [1.165, 1.54) is 16.5 Å². The predicted molar refractivity (Wildman–Crippen MR) is 124 cm³/mol. The van der Waals surface area contributed by atoms with E-state index in [9.17, 15) is 13.2 Å². The minimum atomic E-state index is -4.62. The Kier molecular flexibility index (Phi) is 6.72. The molecule has 2 heterocycles. The van der Waals surface area contributed by atoms with Gasteiger partial charge in [-0.15, -0.1) is 0 Å². The Morgan fingerprint density at radius 2 is 1.58 bits per heavy atom. The fraction of sp³-hybridized carbons (Fsp3) is 0.240. The zero-order valence-corrected chi connectivity index (χ0v) is 18.2. The minimum absolute atomic E-state index is 0.109. The second-order valence-corrected chi connectivity index (χ2v) is 7.69. The van der Waals surface area contributed by atoms with Crippen molar-refractivity contribution in [2.75, 3.05) is 11.9 Å². The molecule has 1 N–H and O–H groups in total. The fourth-order valence-corrected chi connectivity index (χ4v) is 3.62. The molecule has 0 atom stereocenters. The number of halogens is 3. The fourth-order valence-electron chi connectivity index (χ4n) is 3.62. The molecule has 0 aliphatic rings. The van der Waals surface area contributed by atoms with E-state index in [2.05, 4.69) is 50.6 Å². The van der Waals surface area contributed by atoms with Gasteiger partial charge in [-0.3, -0.25) is 0 Å². The van der Waals surface area contributed by atoms with Gasteiger partial charge < -0.3 is 9.88 Å². The van der Waals surface area contributed by atoms with Crippen LogP contribution in [0.3, 0.4) is 0 Å². The van der Waals surface area contributed by atoms with Crippen molar-refractivity contribution in [3.05, 3.63) is 90.0 Å². The van der Waals surface area contributed by atoms with Crippen LogP contribution in [0, 0.1) is 0 Å². The largest absolute Gasteiger partial charge is 0.451 e. The Balaban J connectivity index is 1.41.